The van der Waals surface area contributed by atoms with E-state index in [1.807, 2.05) is 11.8 Å². The molecule has 1 aliphatic rings. The topological polar surface area (TPSA) is 3.24 Å². The number of nitrogens with zero attached hydrogens (tertiary/aromatic N) is 1. The summed E-state index contributed by atoms with van der Waals surface area (Å²) < 4.78 is 0. The lowest BCUT2D eigenvalue weighted by Gasteiger charge is -2.22. The van der Waals surface area contributed by atoms with Crippen LogP contribution in [0.15, 0.2) is 35.2 Å². The van der Waals surface area contributed by atoms with E-state index < -0.39 is 0 Å². The Morgan fingerprint density at radius 3 is 2.75 bits per heavy atom. The monoisotopic (exact) mass is 251 g/mol. The molecule has 86 valence electrons. The summed E-state index contributed by atoms with van der Waals surface area (Å²) in [4.78, 5) is 4.86. The molecule has 0 amide bonds. The molecule has 1 saturated heterocycles. The molecule has 0 spiro atoms. The Morgan fingerprint density at radius 1 is 1.38 bits per heavy atom. The highest BCUT2D eigenvalue weighted by atomic mass is 32.2. The summed E-state index contributed by atoms with van der Waals surface area (Å²) in [6.45, 7) is 4.51. The number of benzene rings is 1. The van der Waals surface area contributed by atoms with Gasteiger partial charge in [-0.2, -0.15) is 0 Å². The summed E-state index contributed by atoms with van der Waals surface area (Å²) in [5, 5.41) is 0.596. The Hall–Kier alpha value is -0.540. The first kappa shape index (κ1) is 11.9. The van der Waals surface area contributed by atoms with E-state index in [2.05, 4.69) is 42.2 Å². The maximum Gasteiger partial charge on any atom is 0.0780 e. The van der Waals surface area contributed by atoms with Crippen LogP contribution >= 0.6 is 24.0 Å². The summed E-state index contributed by atoms with van der Waals surface area (Å²) in [5.41, 5.74) is 0. The third-order valence-electron chi connectivity index (χ3n) is 2.73. The fourth-order valence-electron chi connectivity index (χ4n) is 1.98. The van der Waals surface area contributed by atoms with Gasteiger partial charge in [-0.25, -0.2) is 0 Å². The maximum absolute atomic E-state index is 5.34. The van der Waals surface area contributed by atoms with Crippen LogP contribution in [0.2, 0.25) is 0 Å². The van der Waals surface area contributed by atoms with Gasteiger partial charge in [0.2, 0.25) is 0 Å². The Bertz CT molecular complexity index is 350. The number of thioether (sulfide) groups is 1. The van der Waals surface area contributed by atoms with Crippen molar-refractivity contribution in [1.29, 1.82) is 0 Å². The molecule has 1 aromatic carbocycles. The van der Waals surface area contributed by atoms with Crippen molar-refractivity contribution >= 4 is 29.0 Å². The fourth-order valence-corrected chi connectivity index (χ4v) is 3.32. The van der Waals surface area contributed by atoms with Crippen LogP contribution in [0.25, 0.3) is 0 Å². The van der Waals surface area contributed by atoms with Crippen LogP contribution in [-0.4, -0.2) is 28.2 Å². The van der Waals surface area contributed by atoms with Gasteiger partial charge in [0, 0.05) is 23.2 Å². The standard InChI is InChI=1S/C13H17NS2/c1-11(10-14-9-5-8-13(14)15)16-12-6-3-2-4-7-12/h2-4,6-7,11H,5,8-10H2,1H3. The minimum Gasteiger partial charge on any atom is -0.365 e. The van der Waals surface area contributed by atoms with Gasteiger partial charge < -0.3 is 4.90 Å². The number of hydrogen-bond acceptors (Lipinski definition) is 2. The maximum atomic E-state index is 5.34. The van der Waals surface area contributed by atoms with Gasteiger partial charge in [-0.05, 0) is 25.0 Å². The van der Waals surface area contributed by atoms with E-state index in [0.717, 1.165) is 24.5 Å². The van der Waals surface area contributed by atoms with E-state index in [-0.39, 0.29) is 0 Å². The fraction of sp³-hybridized carbons (Fsp3) is 0.462. The van der Waals surface area contributed by atoms with Crippen LogP contribution in [0.4, 0.5) is 0 Å². The molecular weight excluding hydrogens is 234 g/mol. The quantitative estimate of drug-likeness (QED) is 0.595. The smallest absolute Gasteiger partial charge is 0.0780 e. The second-order valence-corrected chi connectivity index (χ2v) is 6.17. The molecule has 0 N–H and O–H groups in total. The third-order valence-corrected chi connectivity index (χ3v) is 4.29. The van der Waals surface area contributed by atoms with Crippen molar-refractivity contribution < 1.29 is 0 Å². The first-order chi connectivity index (χ1) is 7.75. The Kier molecular flexibility index (Phi) is 4.24. The molecule has 1 nitrogen and oxygen atoms in total. The Balaban J connectivity index is 1.84. The first-order valence-corrected chi connectivity index (χ1v) is 7.04. The normalized spacial score (nSPS) is 17.8. The summed E-state index contributed by atoms with van der Waals surface area (Å²) in [6, 6.07) is 10.6. The second kappa shape index (κ2) is 5.69. The highest BCUT2D eigenvalue weighted by Gasteiger charge is 2.18. The molecule has 0 saturated carbocycles. The second-order valence-electron chi connectivity index (χ2n) is 4.18. The van der Waals surface area contributed by atoms with Gasteiger partial charge in [-0.3, -0.25) is 0 Å². The number of thiocarbonyl (C=S) groups is 1. The third kappa shape index (κ3) is 3.22. The van der Waals surface area contributed by atoms with Gasteiger partial charge >= 0.3 is 0 Å². The lowest BCUT2D eigenvalue weighted by molar-refractivity contribution is 0.463. The molecule has 0 aliphatic carbocycles. The van der Waals surface area contributed by atoms with Gasteiger partial charge in [0.15, 0.2) is 0 Å². The van der Waals surface area contributed by atoms with Gasteiger partial charge in [-0.1, -0.05) is 37.3 Å². The summed E-state index contributed by atoms with van der Waals surface area (Å²) in [6.07, 6.45) is 2.35. The van der Waals surface area contributed by atoms with E-state index in [1.165, 1.54) is 11.3 Å². The molecule has 1 unspecified atom stereocenters. The van der Waals surface area contributed by atoms with Crippen molar-refractivity contribution in [2.75, 3.05) is 13.1 Å². The van der Waals surface area contributed by atoms with E-state index in [0.29, 0.717) is 5.25 Å². The van der Waals surface area contributed by atoms with Crippen molar-refractivity contribution in [3.8, 4) is 0 Å². The van der Waals surface area contributed by atoms with E-state index in [9.17, 15) is 0 Å². The first-order valence-electron chi connectivity index (χ1n) is 5.75. The average molecular weight is 251 g/mol. The van der Waals surface area contributed by atoms with E-state index in [4.69, 9.17) is 12.2 Å². The van der Waals surface area contributed by atoms with Gasteiger partial charge in [0.25, 0.3) is 0 Å². The molecule has 1 aliphatic heterocycles. The number of likely N-dealkylation sites (tertiary alicyclic amines) is 1. The largest absolute Gasteiger partial charge is 0.365 e. The van der Waals surface area contributed by atoms with Crippen molar-refractivity contribution in [3.63, 3.8) is 0 Å². The van der Waals surface area contributed by atoms with Crippen LogP contribution in [0, 0.1) is 0 Å². The predicted octanol–water partition coefficient (Wildman–Crippen LogP) is 3.59. The highest BCUT2D eigenvalue weighted by Crippen LogP contribution is 2.24. The lowest BCUT2D eigenvalue weighted by atomic mass is 10.4. The molecule has 2 rings (SSSR count). The molecule has 0 radical (unpaired) electrons. The van der Waals surface area contributed by atoms with Crippen LogP contribution in [0.3, 0.4) is 0 Å². The van der Waals surface area contributed by atoms with Crippen molar-refractivity contribution in [2.45, 2.75) is 29.9 Å². The molecule has 0 aromatic heterocycles. The average Bonchev–Trinajstić information content (AvgIpc) is 2.66. The zero-order valence-corrected chi connectivity index (χ0v) is 11.2. The lowest BCUT2D eigenvalue weighted by Crippen LogP contribution is -2.29. The molecule has 16 heavy (non-hydrogen) atoms. The molecule has 1 heterocycles. The number of rotatable bonds is 4. The molecule has 1 fully saturated rings. The van der Waals surface area contributed by atoms with Gasteiger partial charge in [0.1, 0.15) is 0 Å². The Labute approximate surface area is 107 Å². The SMILES string of the molecule is CC(CN1CCCC1=S)Sc1ccccc1. The van der Waals surface area contributed by atoms with Crippen molar-refractivity contribution in [1.82, 2.24) is 4.90 Å². The molecule has 0 bridgehead atoms. The molecule has 1 atom stereocenters. The zero-order valence-electron chi connectivity index (χ0n) is 9.56. The van der Waals surface area contributed by atoms with Gasteiger partial charge in [-0.15, -0.1) is 11.8 Å². The zero-order chi connectivity index (χ0) is 11.4. The van der Waals surface area contributed by atoms with Crippen LogP contribution in [0.5, 0.6) is 0 Å². The van der Waals surface area contributed by atoms with Gasteiger partial charge in [0.05, 0.1) is 4.99 Å². The molecule has 1 aromatic rings. The minimum atomic E-state index is 0.596. The summed E-state index contributed by atoms with van der Waals surface area (Å²) in [7, 11) is 0. The highest BCUT2D eigenvalue weighted by molar-refractivity contribution is 8.00. The van der Waals surface area contributed by atoms with Crippen molar-refractivity contribution in [2.24, 2.45) is 0 Å². The minimum absolute atomic E-state index is 0.596. The van der Waals surface area contributed by atoms with Crippen molar-refractivity contribution in [3.05, 3.63) is 30.3 Å². The summed E-state index contributed by atoms with van der Waals surface area (Å²) >= 11 is 7.27. The van der Waals surface area contributed by atoms with E-state index in [1.54, 1.807) is 0 Å². The number of hydrogen-bond donors (Lipinski definition) is 0. The van der Waals surface area contributed by atoms with Crippen LogP contribution < -0.4 is 0 Å². The van der Waals surface area contributed by atoms with Crippen LogP contribution in [0.1, 0.15) is 19.8 Å². The molecular formula is C13H17NS2. The van der Waals surface area contributed by atoms with E-state index >= 15 is 0 Å². The molecule has 3 heteroatoms. The van der Waals surface area contributed by atoms with Crippen LogP contribution in [-0.2, 0) is 0 Å². The predicted molar refractivity (Wildman–Crippen MR) is 75.2 cm³/mol. The summed E-state index contributed by atoms with van der Waals surface area (Å²) in [5.74, 6) is 0. The Morgan fingerprint density at radius 2 is 2.12 bits per heavy atom.